The summed E-state index contributed by atoms with van der Waals surface area (Å²) >= 11 is 0. The summed E-state index contributed by atoms with van der Waals surface area (Å²) in [6.07, 6.45) is 5.82. The van der Waals surface area contributed by atoms with E-state index in [2.05, 4.69) is 59.0 Å². The normalized spacial score (nSPS) is 29.3. The molecule has 0 aromatic carbocycles. The maximum atomic E-state index is 3.75. The van der Waals surface area contributed by atoms with Gasteiger partial charge in [0.05, 0.1) is 0 Å². The van der Waals surface area contributed by atoms with Crippen molar-refractivity contribution < 1.29 is 0 Å². The van der Waals surface area contributed by atoms with Crippen molar-refractivity contribution in [2.24, 2.45) is 10.8 Å². The Balaban J connectivity index is 2.71. The summed E-state index contributed by atoms with van der Waals surface area (Å²) in [5.74, 6) is 0. The first-order valence-electron chi connectivity index (χ1n) is 5.64. The molecule has 1 rings (SSSR count). The Hall–Kier alpha value is -0.300. The van der Waals surface area contributed by atoms with Crippen molar-refractivity contribution in [2.45, 2.75) is 60.0 Å². The topological polar surface area (TPSA) is 12.0 Å². The Bertz CT molecular complexity index is 214. The fourth-order valence-electron chi connectivity index (χ4n) is 1.83. The van der Waals surface area contributed by atoms with Crippen molar-refractivity contribution in [3.05, 3.63) is 12.2 Å². The van der Waals surface area contributed by atoms with Gasteiger partial charge in [-0.05, 0) is 17.3 Å². The van der Waals surface area contributed by atoms with Crippen LogP contribution < -0.4 is 5.32 Å². The maximum Gasteiger partial charge on any atom is 0.0301 e. The van der Waals surface area contributed by atoms with Crippen LogP contribution in [0.5, 0.6) is 0 Å². The zero-order valence-electron chi connectivity index (χ0n) is 10.5. The minimum atomic E-state index is 0.320. The van der Waals surface area contributed by atoms with Gasteiger partial charge in [0.1, 0.15) is 0 Å². The molecule has 0 aliphatic carbocycles. The smallest absolute Gasteiger partial charge is 0.0301 e. The van der Waals surface area contributed by atoms with Crippen molar-refractivity contribution >= 4 is 0 Å². The second-order valence-electron chi connectivity index (χ2n) is 6.59. The maximum absolute atomic E-state index is 3.75. The minimum Gasteiger partial charge on any atom is -0.306 e. The van der Waals surface area contributed by atoms with Crippen LogP contribution >= 0.6 is 0 Å². The predicted molar refractivity (Wildman–Crippen MR) is 63.4 cm³/mol. The molecule has 0 radical (unpaired) electrons. The Kier molecular flexibility index (Phi) is 3.10. The van der Waals surface area contributed by atoms with E-state index in [4.69, 9.17) is 0 Å². The van der Waals surface area contributed by atoms with Crippen molar-refractivity contribution in [1.82, 2.24) is 5.32 Å². The van der Waals surface area contributed by atoms with E-state index in [9.17, 15) is 0 Å². The Morgan fingerprint density at radius 1 is 1.00 bits per heavy atom. The Morgan fingerprint density at radius 3 is 2.00 bits per heavy atom. The molecule has 82 valence electrons. The molecular weight excluding hydrogens is 170 g/mol. The molecule has 1 N–H and O–H groups in total. The van der Waals surface area contributed by atoms with E-state index in [-0.39, 0.29) is 0 Å². The average molecular weight is 195 g/mol. The van der Waals surface area contributed by atoms with E-state index in [1.54, 1.807) is 0 Å². The molecule has 0 fully saturated rings. The van der Waals surface area contributed by atoms with Gasteiger partial charge in [-0.2, -0.15) is 0 Å². The number of nitrogens with one attached hydrogen (secondary N) is 1. The first-order valence-corrected chi connectivity index (χ1v) is 5.64. The molecule has 0 aromatic rings. The first-order chi connectivity index (χ1) is 6.21. The van der Waals surface area contributed by atoms with Crippen molar-refractivity contribution in [3.8, 4) is 0 Å². The van der Waals surface area contributed by atoms with Gasteiger partial charge >= 0.3 is 0 Å². The molecule has 0 aromatic heterocycles. The SMILES string of the molecule is CC(C)(C)C1C=CCC(C(C)(C)C)N1. The molecule has 0 amide bonds. The van der Waals surface area contributed by atoms with E-state index in [0.29, 0.717) is 22.9 Å². The van der Waals surface area contributed by atoms with E-state index in [0.717, 1.165) is 6.42 Å². The number of hydrogen-bond acceptors (Lipinski definition) is 1. The summed E-state index contributed by atoms with van der Waals surface area (Å²) < 4.78 is 0. The van der Waals surface area contributed by atoms with Crippen LogP contribution in [0.2, 0.25) is 0 Å². The van der Waals surface area contributed by atoms with Crippen LogP contribution in [-0.2, 0) is 0 Å². The van der Waals surface area contributed by atoms with Gasteiger partial charge in [0.2, 0.25) is 0 Å². The molecule has 14 heavy (non-hydrogen) atoms. The van der Waals surface area contributed by atoms with Crippen LogP contribution in [-0.4, -0.2) is 12.1 Å². The molecule has 2 unspecified atom stereocenters. The molecular formula is C13H25N. The second kappa shape index (κ2) is 3.69. The number of hydrogen-bond donors (Lipinski definition) is 1. The van der Waals surface area contributed by atoms with E-state index in [1.807, 2.05) is 0 Å². The fourth-order valence-corrected chi connectivity index (χ4v) is 1.83. The largest absolute Gasteiger partial charge is 0.306 e. The van der Waals surface area contributed by atoms with E-state index in [1.165, 1.54) is 0 Å². The molecule has 2 atom stereocenters. The van der Waals surface area contributed by atoms with Gasteiger partial charge in [0.25, 0.3) is 0 Å². The zero-order chi connectivity index (χ0) is 11.0. The lowest BCUT2D eigenvalue weighted by atomic mass is 9.78. The minimum absolute atomic E-state index is 0.320. The molecule has 1 heterocycles. The van der Waals surface area contributed by atoms with Crippen LogP contribution in [0, 0.1) is 10.8 Å². The summed E-state index contributed by atoms with van der Waals surface area (Å²) in [4.78, 5) is 0. The predicted octanol–water partition coefficient (Wildman–Crippen LogP) is 3.37. The van der Waals surface area contributed by atoms with Gasteiger partial charge in [0, 0.05) is 12.1 Å². The van der Waals surface area contributed by atoms with Gasteiger partial charge in [0.15, 0.2) is 0 Å². The summed E-state index contributed by atoms with van der Waals surface area (Å²) in [6, 6.07) is 1.12. The molecule has 1 heteroatoms. The summed E-state index contributed by atoms with van der Waals surface area (Å²) in [5, 5.41) is 3.75. The molecule has 1 aliphatic rings. The third-order valence-electron chi connectivity index (χ3n) is 3.06. The highest BCUT2D eigenvalue weighted by atomic mass is 15.0. The molecule has 0 saturated carbocycles. The molecule has 1 aliphatic heterocycles. The lowest BCUT2D eigenvalue weighted by Crippen LogP contribution is -2.51. The third-order valence-corrected chi connectivity index (χ3v) is 3.06. The zero-order valence-corrected chi connectivity index (χ0v) is 10.5. The van der Waals surface area contributed by atoms with Crippen LogP contribution in [0.25, 0.3) is 0 Å². The van der Waals surface area contributed by atoms with Crippen molar-refractivity contribution in [2.75, 3.05) is 0 Å². The van der Waals surface area contributed by atoms with Gasteiger partial charge in [-0.1, -0.05) is 53.7 Å². The van der Waals surface area contributed by atoms with Gasteiger partial charge < -0.3 is 5.32 Å². The summed E-state index contributed by atoms with van der Waals surface area (Å²) in [6.45, 7) is 13.8. The van der Waals surface area contributed by atoms with Gasteiger partial charge in [-0.15, -0.1) is 0 Å². The van der Waals surface area contributed by atoms with Gasteiger partial charge in [-0.3, -0.25) is 0 Å². The van der Waals surface area contributed by atoms with Crippen LogP contribution in [0.15, 0.2) is 12.2 Å². The molecule has 1 nitrogen and oxygen atoms in total. The van der Waals surface area contributed by atoms with Crippen molar-refractivity contribution in [3.63, 3.8) is 0 Å². The Morgan fingerprint density at radius 2 is 1.57 bits per heavy atom. The van der Waals surface area contributed by atoms with E-state index < -0.39 is 0 Å². The highest BCUT2D eigenvalue weighted by Gasteiger charge is 2.32. The summed E-state index contributed by atoms with van der Waals surface area (Å²) in [7, 11) is 0. The van der Waals surface area contributed by atoms with E-state index >= 15 is 0 Å². The second-order valence-corrected chi connectivity index (χ2v) is 6.59. The Labute approximate surface area is 89.0 Å². The monoisotopic (exact) mass is 195 g/mol. The third kappa shape index (κ3) is 2.84. The molecule has 0 bridgehead atoms. The van der Waals surface area contributed by atoms with Crippen LogP contribution in [0.3, 0.4) is 0 Å². The lowest BCUT2D eigenvalue weighted by Gasteiger charge is -2.41. The van der Waals surface area contributed by atoms with Crippen LogP contribution in [0.1, 0.15) is 48.0 Å². The quantitative estimate of drug-likeness (QED) is 0.584. The standard InChI is InChI=1S/C13H25N/c1-12(2,3)10-8-7-9-11(14-10)13(4,5)6/h7-8,10-11,14H,9H2,1-6H3. The number of rotatable bonds is 0. The molecule has 0 spiro atoms. The van der Waals surface area contributed by atoms with Crippen LogP contribution in [0.4, 0.5) is 0 Å². The molecule has 0 saturated heterocycles. The van der Waals surface area contributed by atoms with Gasteiger partial charge in [-0.25, -0.2) is 0 Å². The van der Waals surface area contributed by atoms with Crippen molar-refractivity contribution in [1.29, 1.82) is 0 Å². The summed E-state index contributed by atoms with van der Waals surface area (Å²) in [5.41, 5.74) is 0.675. The average Bonchev–Trinajstić information content (AvgIpc) is 2.01. The fraction of sp³-hybridized carbons (Fsp3) is 0.846. The highest BCUT2D eigenvalue weighted by Crippen LogP contribution is 2.30. The lowest BCUT2D eigenvalue weighted by molar-refractivity contribution is 0.199. The highest BCUT2D eigenvalue weighted by molar-refractivity contribution is 5.07. The first kappa shape index (κ1) is 11.8.